The van der Waals surface area contributed by atoms with Crippen LogP contribution in [0.1, 0.15) is 20.8 Å². The Labute approximate surface area is 138 Å². The first-order chi connectivity index (χ1) is 9.97. The molecule has 0 aliphatic heterocycles. The molecule has 1 N–H and O–H groups in total. The maximum atomic E-state index is 12.4. The van der Waals surface area contributed by atoms with Crippen molar-refractivity contribution >= 4 is 39.5 Å². The van der Waals surface area contributed by atoms with Crippen molar-refractivity contribution in [1.29, 1.82) is 0 Å². The van der Waals surface area contributed by atoms with Crippen molar-refractivity contribution in [3.05, 3.63) is 28.7 Å². The average molecular weight is 373 g/mol. The number of hydrogen-bond acceptors (Lipinski definition) is 3. The molecule has 4 nitrogen and oxygen atoms in total. The first kappa shape index (κ1) is 18.0. The number of rotatable bonds is 7. The Hall–Kier alpha value is -1.01. The molecule has 21 heavy (non-hydrogen) atoms. The monoisotopic (exact) mass is 372 g/mol. The van der Waals surface area contributed by atoms with Crippen molar-refractivity contribution in [3.63, 3.8) is 0 Å². The molecule has 2 amide bonds. The normalized spacial score (nSPS) is 11.8. The summed E-state index contributed by atoms with van der Waals surface area (Å²) in [5.74, 6) is 0.304. The Morgan fingerprint density at radius 3 is 2.52 bits per heavy atom. The quantitative estimate of drug-likeness (QED) is 0.748. The van der Waals surface area contributed by atoms with Crippen LogP contribution in [0.4, 0.5) is 0 Å². The van der Waals surface area contributed by atoms with Crippen LogP contribution in [-0.2, 0) is 9.59 Å². The van der Waals surface area contributed by atoms with Gasteiger partial charge in [-0.15, -0.1) is 11.8 Å². The molecule has 0 fully saturated rings. The van der Waals surface area contributed by atoms with Gasteiger partial charge in [-0.05, 0) is 32.0 Å². The molecule has 6 heteroatoms. The fourth-order valence-electron chi connectivity index (χ4n) is 1.91. The predicted octanol–water partition coefficient (Wildman–Crippen LogP) is 2.91. The highest BCUT2D eigenvalue weighted by Gasteiger charge is 2.23. The third kappa shape index (κ3) is 6.09. The van der Waals surface area contributed by atoms with Crippen molar-refractivity contribution in [1.82, 2.24) is 10.2 Å². The number of benzene rings is 1. The Kier molecular flexibility index (Phi) is 7.82. The summed E-state index contributed by atoms with van der Waals surface area (Å²) in [6.45, 7) is 6.60. The van der Waals surface area contributed by atoms with E-state index < -0.39 is 6.04 Å². The molecule has 0 bridgehead atoms. The predicted molar refractivity (Wildman–Crippen MR) is 90.4 cm³/mol. The highest BCUT2D eigenvalue weighted by atomic mass is 79.9. The molecule has 1 unspecified atom stereocenters. The van der Waals surface area contributed by atoms with Gasteiger partial charge in [0.1, 0.15) is 6.04 Å². The van der Waals surface area contributed by atoms with Crippen LogP contribution in [-0.4, -0.2) is 41.6 Å². The van der Waals surface area contributed by atoms with E-state index in [-0.39, 0.29) is 11.8 Å². The molecular weight excluding hydrogens is 352 g/mol. The second-order valence-corrected chi connectivity index (χ2v) is 6.54. The molecule has 0 aliphatic rings. The van der Waals surface area contributed by atoms with E-state index >= 15 is 0 Å². The summed E-state index contributed by atoms with van der Waals surface area (Å²) >= 11 is 4.98. The van der Waals surface area contributed by atoms with Crippen LogP contribution in [0.3, 0.4) is 0 Å². The van der Waals surface area contributed by atoms with Crippen molar-refractivity contribution in [2.24, 2.45) is 0 Å². The third-order valence-electron chi connectivity index (χ3n) is 2.96. The lowest BCUT2D eigenvalue weighted by Gasteiger charge is -2.25. The molecule has 1 rings (SSSR count). The Bertz CT molecular complexity index is 492. The van der Waals surface area contributed by atoms with Gasteiger partial charge in [0.15, 0.2) is 0 Å². The minimum atomic E-state index is -0.494. The van der Waals surface area contributed by atoms with Crippen LogP contribution >= 0.6 is 27.7 Å². The molecule has 0 saturated carbocycles. The van der Waals surface area contributed by atoms with Crippen LogP contribution in [0.15, 0.2) is 33.6 Å². The lowest BCUT2D eigenvalue weighted by molar-refractivity contribution is -0.135. The summed E-state index contributed by atoms with van der Waals surface area (Å²) in [6.07, 6.45) is 0. The van der Waals surface area contributed by atoms with E-state index in [2.05, 4.69) is 21.2 Å². The van der Waals surface area contributed by atoms with E-state index in [1.165, 1.54) is 6.92 Å². The van der Waals surface area contributed by atoms with Crippen LogP contribution in [0, 0.1) is 0 Å². The molecule has 0 aliphatic carbocycles. The van der Waals surface area contributed by atoms with Gasteiger partial charge in [0, 0.05) is 35.1 Å². The topological polar surface area (TPSA) is 49.4 Å². The van der Waals surface area contributed by atoms with Gasteiger partial charge in [0.2, 0.25) is 11.8 Å². The number of carbonyl (C=O) groups is 2. The Balaban J connectivity index is 2.74. The third-order valence-corrected chi connectivity index (χ3v) is 4.54. The summed E-state index contributed by atoms with van der Waals surface area (Å²) in [5, 5.41) is 2.75. The molecule has 1 atom stereocenters. The molecule has 0 spiro atoms. The van der Waals surface area contributed by atoms with Gasteiger partial charge in [0.05, 0.1) is 0 Å². The maximum absolute atomic E-state index is 12.4. The zero-order valence-electron chi connectivity index (χ0n) is 12.6. The van der Waals surface area contributed by atoms with E-state index in [9.17, 15) is 9.59 Å². The molecule has 0 saturated heterocycles. The number of thioether (sulfide) groups is 1. The Morgan fingerprint density at radius 1 is 1.33 bits per heavy atom. The number of nitrogens with zero attached hydrogens (tertiary/aromatic N) is 1. The van der Waals surface area contributed by atoms with Crippen molar-refractivity contribution < 1.29 is 9.59 Å². The molecule has 116 valence electrons. The van der Waals surface area contributed by atoms with Gasteiger partial charge in [-0.25, -0.2) is 0 Å². The average Bonchev–Trinajstić information content (AvgIpc) is 2.44. The minimum Gasteiger partial charge on any atom is -0.344 e. The number of halogens is 1. The van der Waals surface area contributed by atoms with E-state index in [1.807, 2.05) is 38.1 Å². The van der Waals surface area contributed by atoms with E-state index in [4.69, 9.17) is 0 Å². The number of carbonyl (C=O) groups excluding carboxylic acids is 2. The summed E-state index contributed by atoms with van der Waals surface area (Å²) < 4.78 is 0.999. The van der Waals surface area contributed by atoms with Gasteiger partial charge >= 0.3 is 0 Å². The SMILES string of the molecule is CCN(CC)C(=O)C(CSc1cccc(Br)c1)NC(C)=O. The van der Waals surface area contributed by atoms with Crippen molar-refractivity contribution in [2.45, 2.75) is 31.7 Å². The maximum Gasteiger partial charge on any atom is 0.245 e. The van der Waals surface area contributed by atoms with Gasteiger partial charge in [0.25, 0.3) is 0 Å². The first-order valence-corrected chi connectivity index (χ1v) is 8.70. The van der Waals surface area contributed by atoms with E-state index in [1.54, 1.807) is 16.7 Å². The summed E-state index contributed by atoms with van der Waals surface area (Å²) in [5.41, 5.74) is 0. The smallest absolute Gasteiger partial charge is 0.245 e. The molecule has 1 aromatic carbocycles. The highest BCUT2D eigenvalue weighted by molar-refractivity contribution is 9.10. The highest BCUT2D eigenvalue weighted by Crippen LogP contribution is 2.22. The summed E-state index contributed by atoms with van der Waals surface area (Å²) in [7, 11) is 0. The van der Waals surface area contributed by atoms with Crippen molar-refractivity contribution in [3.8, 4) is 0 Å². The largest absolute Gasteiger partial charge is 0.344 e. The second-order valence-electron chi connectivity index (χ2n) is 4.53. The molecular formula is C15H21BrN2O2S. The van der Waals surface area contributed by atoms with Crippen LogP contribution in [0.2, 0.25) is 0 Å². The molecule has 0 heterocycles. The van der Waals surface area contributed by atoms with Crippen molar-refractivity contribution in [2.75, 3.05) is 18.8 Å². The number of amides is 2. The number of hydrogen-bond donors (Lipinski definition) is 1. The minimum absolute atomic E-state index is 0.0299. The van der Waals surface area contributed by atoms with Gasteiger partial charge in [-0.3, -0.25) is 9.59 Å². The van der Waals surface area contributed by atoms with Crippen LogP contribution in [0.5, 0.6) is 0 Å². The fraction of sp³-hybridized carbons (Fsp3) is 0.467. The first-order valence-electron chi connectivity index (χ1n) is 6.92. The van der Waals surface area contributed by atoms with E-state index in [0.717, 1.165) is 9.37 Å². The van der Waals surface area contributed by atoms with Gasteiger partial charge < -0.3 is 10.2 Å². The Morgan fingerprint density at radius 2 is 2.00 bits per heavy atom. The van der Waals surface area contributed by atoms with Crippen LogP contribution in [0.25, 0.3) is 0 Å². The zero-order chi connectivity index (χ0) is 15.8. The lowest BCUT2D eigenvalue weighted by atomic mass is 10.2. The number of nitrogens with one attached hydrogen (secondary N) is 1. The summed E-state index contributed by atoms with van der Waals surface area (Å²) in [4.78, 5) is 26.5. The zero-order valence-corrected chi connectivity index (χ0v) is 15.0. The summed E-state index contributed by atoms with van der Waals surface area (Å²) in [6, 6.07) is 7.40. The lowest BCUT2D eigenvalue weighted by Crippen LogP contribution is -2.49. The second kappa shape index (κ2) is 9.10. The molecule has 0 radical (unpaired) electrons. The van der Waals surface area contributed by atoms with Gasteiger partial charge in [-0.1, -0.05) is 22.0 Å². The standard InChI is InChI=1S/C15H21BrN2O2S/c1-4-18(5-2)15(20)14(17-11(3)19)10-21-13-8-6-7-12(16)9-13/h6-9,14H,4-5,10H2,1-3H3,(H,17,19). The fourth-order valence-corrected chi connectivity index (χ4v) is 3.43. The van der Waals surface area contributed by atoms with Gasteiger partial charge in [-0.2, -0.15) is 0 Å². The molecule has 1 aromatic rings. The van der Waals surface area contributed by atoms with E-state index in [0.29, 0.717) is 18.8 Å². The van der Waals surface area contributed by atoms with Crippen LogP contribution < -0.4 is 5.32 Å². The number of likely N-dealkylation sites (N-methyl/N-ethyl adjacent to an activating group) is 1. The molecule has 0 aromatic heterocycles.